The van der Waals surface area contributed by atoms with Gasteiger partial charge in [-0.3, -0.25) is 4.79 Å². The quantitative estimate of drug-likeness (QED) is 0.304. The second kappa shape index (κ2) is 11.2. The van der Waals surface area contributed by atoms with E-state index in [9.17, 15) is 14.7 Å². The maximum atomic E-state index is 12.8. The molecule has 0 radical (unpaired) electrons. The van der Waals surface area contributed by atoms with Gasteiger partial charge in [0.15, 0.2) is 17.3 Å². The maximum absolute atomic E-state index is 12.8. The van der Waals surface area contributed by atoms with Crippen molar-refractivity contribution in [3.63, 3.8) is 0 Å². The molecular formula is C28H31NO6. The predicted molar refractivity (Wildman–Crippen MR) is 132 cm³/mol. The highest BCUT2D eigenvalue weighted by atomic mass is 16.7. The van der Waals surface area contributed by atoms with E-state index in [4.69, 9.17) is 19.9 Å². The molecule has 1 aliphatic carbocycles. The highest BCUT2D eigenvalue weighted by Crippen LogP contribution is 2.38. The fourth-order valence-electron chi connectivity index (χ4n) is 4.49. The van der Waals surface area contributed by atoms with Crippen LogP contribution in [0.3, 0.4) is 0 Å². The largest absolute Gasteiger partial charge is 0.508 e. The maximum Gasteiger partial charge on any atom is 0.330 e. The molecule has 2 atom stereocenters. The number of carbonyl (C=O) groups excluding carboxylic acids is 2. The van der Waals surface area contributed by atoms with Gasteiger partial charge in [0.05, 0.1) is 6.61 Å². The molecule has 0 bridgehead atoms. The van der Waals surface area contributed by atoms with Gasteiger partial charge in [0, 0.05) is 29.2 Å². The van der Waals surface area contributed by atoms with Crippen molar-refractivity contribution < 1.29 is 28.9 Å². The normalized spacial score (nSPS) is 19.0. The van der Waals surface area contributed by atoms with Crippen LogP contribution in [0.15, 0.2) is 54.1 Å². The van der Waals surface area contributed by atoms with Crippen LogP contribution in [0.4, 0.5) is 0 Å². The van der Waals surface area contributed by atoms with Crippen LogP contribution in [-0.4, -0.2) is 30.3 Å². The van der Waals surface area contributed by atoms with E-state index in [1.807, 2.05) is 37.3 Å². The molecule has 1 fully saturated rings. The number of Topliss-reactive ketones (excluding diaryl/α,β-unsaturated/α-hetero) is 1. The lowest BCUT2D eigenvalue weighted by atomic mass is 9.90. The summed E-state index contributed by atoms with van der Waals surface area (Å²) in [7, 11) is 0. The van der Waals surface area contributed by atoms with Crippen molar-refractivity contribution in [3.05, 3.63) is 70.8 Å². The number of carbonyl (C=O) groups is 2. The number of hydrogen-bond acceptors (Lipinski definition) is 7. The molecule has 1 aliphatic heterocycles. The van der Waals surface area contributed by atoms with E-state index in [0.29, 0.717) is 42.9 Å². The number of hydrogen-bond donors (Lipinski definition) is 2. The van der Waals surface area contributed by atoms with Crippen LogP contribution in [0, 0.1) is 12.8 Å². The van der Waals surface area contributed by atoms with Crippen LogP contribution in [-0.2, 0) is 14.3 Å². The zero-order valence-electron chi connectivity index (χ0n) is 19.9. The molecule has 1 saturated carbocycles. The average Bonchev–Trinajstić information content (AvgIpc) is 3.46. The number of phenolic OH excluding ortho intramolecular Hbond substituents is 1. The first-order valence-electron chi connectivity index (χ1n) is 12.0. The Hall–Kier alpha value is -3.58. The SMILES string of the molecule is Cc1ccc(C(N)C2CC/C(=C\CCCCOC(=O)/C=C/c3cccc4c3OCO4)C2=O)c(O)c1. The second-order valence-electron chi connectivity index (χ2n) is 8.90. The van der Waals surface area contributed by atoms with E-state index in [-0.39, 0.29) is 24.2 Å². The number of fused-ring (bicyclic) bond motifs is 1. The number of ketones is 1. The minimum atomic E-state index is -0.516. The number of benzene rings is 2. The van der Waals surface area contributed by atoms with Crippen LogP contribution in [0.2, 0.25) is 0 Å². The molecule has 0 spiro atoms. The van der Waals surface area contributed by atoms with Crippen LogP contribution >= 0.6 is 0 Å². The first-order chi connectivity index (χ1) is 16.9. The molecule has 4 rings (SSSR count). The Morgan fingerprint density at radius 2 is 2.11 bits per heavy atom. The minimum absolute atomic E-state index is 0.0656. The summed E-state index contributed by atoms with van der Waals surface area (Å²) in [5, 5.41) is 10.2. The van der Waals surface area contributed by atoms with Crippen LogP contribution in [0.25, 0.3) is 6.08 Å². The minimum Gasteiger partial charge on any atom is -0.508 e. The van der Waals surface area contributed by atoms with Gasteiger partial charge in [-0.2, -0.15) is 0 Å². The number of nitrogens with two attached hydrogens (primary N) is 1. The van der Waals surface area contributed by atoms with Crippen LogP contribution in [0.1, 0.15) is 54.8 Å². The summed E-state index contributed by atoms with van der Waals surface area (Å²) in [6, 6.07) is 10.3. The number of aryl methyl sites for hydroxylation is 1. The molecule has 2 unspecified atom stereocenters. The summed E-state index contributed by atoms with van der Waals surface area (Å²) in [6.07, 6.45) is 8.64. The van der Waals surface area contributed by atoms with Gasteiger partial charge in [-0.15, -0.1) is 0 Å². The standard InChI is InChI=1S/C28H31NO6/c1-18-9-12-21(23(30)16-18)26(29)22-13-10-19(27(22)32)6-3-2-4-15-33-25(31)14-11-20-7-5-8-24-28(20)35-17-34-24/h5-9,11-12,14,16,22,26,30H,2-4,10,13,15,17,29H2,1H3/b14-11+,19-6+. The zero-order valence-corrected chi connectivity index (χ0v) is 19.9. The molecule has 2 aromatic carbocycles. The van der Waals surface area contributed by atoms with Gasteiger partial charge >= 0.3 is 5.97 Å². The van der Waals surface area contributed by atoms with Gasteiger partial charge in [-0.1, -0.05) is 30.3 Å². The molecule has 184 valence electrons. The molecule has 0 amide bonds. The monoisotopic (exact) mass is 477 g/mol. The highest BCUT2D eigenvalue weighted by Gasteiger charge is 2.35. The smallest absolute Gasteiger partial charge is 0.330 e. The van der Waals surface area contributed by atoms with E-state index in [1.165, 1.54) is 6.08 Å². The first-order valence-corrected chi connectivity index (χ1v) is 12.0. The Labute approximate surface area is 205 Å². The lowest BCUT2D eigenvalue weighted by Gasteiger charge is -2.19. The Bertz CT molecular complexity index is 1150. The number of esters is 1. The van der Waals surface area contributed by atoms with E-state index >= 15 is 0 Å². The van der Waals surface area contributed by atoms with E-state index in [2.05, 4.69) is 0 Å². The van der Waals surface area contributed by atoms with Gasteiger partial charge in [0.25, 0.3) is 0 Å². The van der Waals surface area contributed by atoms with Crippen molar-refractivity contribution in [2.45, 2.75) is 45.1 Å². The molecule has 0 aromatic heterocycles. The Morgan fingerprint density at radius 1 is 1.26 bits per heavy atom. The fraction of sp³-hybridized carbons (Fsp3) is 0.357. The lowest BCUT2D eigenvalue weighted by Crippen LogP contribution is -2.25. The molecule has 2 aromatic rings. The summed E-state index contributed by atoms with van der Waals surface area (Å²) >= 11 is 0. The van der Waals surface area contributed by atoms with E-state index < -0.39 is 12.0 Å². The van der Waals surface area contributed by atoms with Crippen molar-refractivity contribution in [3.8, 4) is 17.2 Å². The summed E-state index contributed by atoms with van der Waals surface area (Å²) in [5.41, 5.74) is 9.47. The van der Waals surface area contributed by atoms with Gasteiger partial charge < -0.3 is 25.1 Å². The second-order valence-corrected chi connectivity index (χ2v) is 8.90. The molecule has 3 N–H and O–H groups in total. The molecule has 7 nitrogen and oxygen atoms in total. The Kier molecular flexibility index (Phi) is 7.87. The number of para-hydroxylation sites is 1. The molecule has 0 saturated heterocycles. The summed E-state index contributed by atoms with van der Waals surface area (Å²) in [4.78, 5) is 24.8. The average molecular weight is 478 g/mol. The lowest BCUT2D eigenvalue weighted by molar-refractivity contribution is -0.137. The van der Waals surface area contributed by atoms with Gasteiger partial charge in [-0.05, 0) is 68.4 Å². The number of allylic oxidation sites excluding steroid dienone is 2. The van der Waals surface area contributed by atoms with Crippen molar-refractivity contribution >= 4 is 17.8 Å². The number of unbranched alkanes of at least 4 members (excludes halogenated alkanes) is 2. The van der Waals surface area contributed by atoms with Crippen molar-refractivity contribution in [2.24, 2.45) is 11.7 Å². The third-order valence-corrected chi connectivity index (χ3v) is 6.42. The third-order valence-electron chi connectivity index (χ3n) is 6.42. The molecule has 2 aliphatic rings. The van der Waals surface area contributed by atoms with Crippen molar-refractivity contribution in [1.29, 1.82) is 0 Å². The Morgan fingerprint density at radius 3 is 2.94 bits per heavy atom. The summed E-state index contributed by atoms with van der Waals surface area (Å²) in [6.45, 7) is 2.39. The van der Waals surface area contributed by atoms with Crippen LogP contribution in [0.5, 0.6) is 17.2 Å². The number of rotatable bonds is 9. The number of ether oxygens (including phenoxy) is 3. The zero-order chi connectivity index (χ0) is 24.8. The molecule has 7 heteroatoms. The predicted octanol–water partition coefficient (Wildman–Crippen LogP) is 4.76. The van der Waals surface area contributed by atoms with Gasteiger partial charge in [0.1, 0.15) is 5.75 Å². The molecule has 1 heterocycles. The topological polar surface area (TPSA) is 108 Å². The molecule has 35 heavy (non-hydrogen) atoms. The van der Waals surface area contributed by atoms with Crippen molar-refractivity contribution in [1.82, 2.24) is 0 Å². The number of aromatic hydroxyl groups is 1. The summed E-state index contributed by atoms with van der Waals surface area (Å²) < 4.78 is 16.0. The van der Waals surface area contributed by atoms with Gasteiger partial charge in [0.2, 0.25) is 6.79 Å². The first kappa shape index (κ1) is 24.5. The highest BCUT2D eigenvalue weighted by molar-refractivity contribution is 5.99. The third kappa shape index (κ3) is 5.92. The summed E-state index contributed by atoms with van der Waals surface area (Å²) in [5.74, 6) is 0.771. The fourth-order valence-corrected chi connectivity index (χ4v) is 4.49. The van der Waals surface area contributed by atoms with E-state index in [0.717, 1.165) is 29.5 Å². The van der Waals surface area contributed by atoms with E-state index in [1.54, 1.807) is 18.2 Å². The Balaban J connectivity index is 1.18. The molecular weight excluding hydrogens is 446 g/mol. The van der Waals surface area contributed by atoms with Gasteiger partial charge in [-0.25, -0.2) is 4.79 Å². The van der Waals surface area contributed by atoms with Crippen LogP contribution < -0.4 is 15.2 Å². The van der Waals surface area contributed by atoms with Crippen molar-refractivity contribution in [2.75, 3.05) is 13.4 Å². The number of phenols is 1.